The second-order valence-electron chi connectivity index (χ2n) is 10.8. The van der Waals surface area contributed by atoms with Crippen LogP contribution in [0.4, 0.5) is 0 Å². The molecular formula is C22H34O6. The number of carbonyl (C=O) groups excluding carboxylic acids is 3. The van der Waals surface area contributed by atoms with Crippen molar-refractivity contribution in [1.29, 1.82) is 0 Å². The van der Waals surface area contributed by atoms with E-state index in [1.165, 1.54) is 6.42 Å². The normalized spacial score (nSPS) is 34.1. The molecule has 0 aromatic carbocycles. The molecule has 0 aromatic rings. The predicted molar refractivity (Wildman–Crippen MR) is 102 cm³/mol. The van der Waals surface area contributed by atoms with E-state index in [0.717, 1.165) is 25.7 Å². The molecule has 0 aliphatic heterocycles. The maximum atomic E-state index is 13.3. The lowest BCUT2D eigenvalue weighted by Gasteiger charge is -2.58. The van der Waals surface area contributed by atoms with Gasteiger partial charge in [-0.2, -0.15) is 0 Å². The highest BCUT2D eigenvalue weighted by molar-refractivity contribution is 6.02. The van der Waals surface area contributed by atoms with Crippen LogP contribution < -0.4 is 0 Å². The molecule has 4 aliphatic carbocycles. The van der Waals surface area contributed by atoms with E-state index in [2.05, 4.69) is 0 Å². The number of hydrogen-bond acceptors (Lipinski definition) is 6. The van der Waals surface area contributed by atoms with Gasteiger partial charge in [-0.05, 0) is 97.3 Å². The minimum absolute atomic E-state index is 0.0651. The molecule has 4 bridgehead atoms. The van der Waals surface area contributed by atoms with Crippen LogP contribution in [0.1, 0.15) is 73.6 Å². The number of hydrogen-bond donors (Lipinski definition) is 0. The zero-order valence-corrected chi connectivity index (χ0v) is 18.0. The van der Waals surface area contributed by atoms with Gasteiger partial charge in [0, 0.05) is 0 Å². The molecule has 0 radical (unpaired) electrons. The van der Waals surface area contributed by atoms with E-state index in [-0.39, 0.29) is 11.8 Å². The predicted octanol–water partition coefficient (Wildman–Crippen LogP) is 3.66. The summed E-state index contributed by atoms with van der Waals surface area (Å²) in [5, 5.41) is 0. The summed E-state index contributed by atoms with van der Waals surface area (Å²) in [5.41, 5.74) is -2.64. The van der Waals surface area contributed by atoms with Crippen LogP contribution in [-0.2, 0) is 28.6 Å². The Morgan fingerprint density at radius 1 is 0.750 bits per heavy atom. The largest absolute Gasteiger partial charge is 0.459 e. The van der Waals surface area contributed by atoms with Crippen molar-refractivity contribution >= 4 is 17.9 Å². The molecule has 0 aromatic heterocycles. The van der Waals surface area contributed by atoms with Crippen LogP contribution in [0.25, 0.3) is 0 Å². The number of esters is 3. The molecule has 0 saturated heterocycles. The summed E-state index contributed by atoms with van der Waals surface area (Å²) in [4.78, 5) is 38.7. The molecule has 6 nitrogen and oxygen atoms in total. The van der Waals surface area contributed by atoms with Crippen LogP contribution in [0, 0.1) is 29.1 Å². The molecule has 0 N–H and O–H groups in total. The van der Waals surface area contributed by atoms with Crippen molar-refractivity contribution in [3.8, 4) is 0 Å². The van der Waals surface area contributed by atoms with Crippen LogP contribution >= 0.6 is 0 Å². The van der Waals surface area contributed by atoms with E-state index in [9.17, 15) is 14.4 Å². The van der Waals surface area contributed by atoms with Gasteiger partial charge in [0.15, 0.2) is 12.0 Å². The summed E-state index contributed by atoms with van der Waals surface area (Å²) in [6.45, 7) is 10.2. The van der Waals surface area contributed by atoms with Gasteiger partial charge < -0.3 is 14.2 Å². The zero-order chi connectivity index (χ0) is 20.9. The maximum absolute atomic E-state index is 13.3. The standard InChI is InChI=1S/C22H34O6/c1-20(2,3)27-17(23)12-26-18(24)22(19(25)28-21(4,5)6)15-8-13-7-14(10-15)11-16(22)9-13/h13-16H,7-12H2,1-6H3. The lowest BCUT2D eigenvalue weighted by atomic mass is 9.45. The molecule has 0 atom stereocenters. The van der Waals surface area contributed by atoms with E-state index in [1.807, 2.05) is 0 Å². The van der Waals surface area contributed by atoms with Crippen molar-refractivity contribution in [2.75, 3.05) is 6.61 Å². The van der Waals surface area contributed by atoms with Gasteiger partial charge in [0.2, 0.25) is 0 Å². The Morgan fingerprint density at radius 3 is 1.64 bits per heavy atom. The summed E-state index contributed by atoms with van der Waals surface area (Å²) in [5.74, 6) is -0.670. The van der Waals surface area contributed by atoms with E-state index in [1.54, 1.807) is 41.5 Å². The summed E-state index contributed by atoms with van der Waals surface area (Å²) in [6.07, 6.45) is 4.62. The Bertz CT molecular complexity index is 623. The van der Waals surface area contributed by atoms with Crippen molar-refractivity contribution in [3.05, 3.63) is 0 Å². The molecule has 4 rings (SSSR count). The van der Waals surface area contributed by atoms with Crippen LogP contribution in [0.3, 0.4) is 0 Å². The summed E-state index contributed by atoms with van der Waals surface area (Å²) < 4.78 is 16.4. The number of ether oxygens (including phenoxy) is 3. The fourth-order valence-electron chi connectivity index (χ4n) is 5.65. The summed E-state index contributed by atoms with van der Waals surface area (Å²) >= 11 is 0. The lowest BCUT2D eigenvalue weighted by Crippen LogP contribution is -2.62. The third kappa shape index (κ3) is 4.06. The molecule has 0 spiro atoms. The van der Waals surface area contributed by atoms with Crippen molar-refractivity contribution in [1.82, 2.24) is 0 Å². The second-order valence-corrected chi connectivity index (χ2v) is 10.8. The first-order valence-corrected chi connectivity index (χ1v) is 10.4. The third-order valence-corrected chi connectivity index (χ3v) is 6.24. The van der Waals surface area contributed by atoms with Gasteiger partial charge >= 0.3 is 17.9 Å². The molecule has 0 amide bonds. The number of carbonyl (C=O) groups is 3. The molecule has 158 valence electrons. The average molecular weight is 395 g/mol. The van der Waals surface area contributed by atoms with Gasteiger partial charge in [-0.1, -0.05) is 0 Å². The molecule has 4 fully saturated rings. The van der Waals surface area contributed by atoms with E-state index < -0.39 is 41.1 Å². The Hall–Kier alpha value is -1.59. The molecular weight excluding hydrogens is 360 g/mol. The fourth-order valence-corrected chi connectivity index (χ4v) is 5.65. The van der Waals surface area contributed by atoms with E-state index >= 15 is 0 Å². The molecule has 28 heavy (non-hydrogen) atoms. The monoisotopic (exact) mass is 394 g/mol. The van der Waals surface area contributed by atoms with Crippen LogP contribution in [0.5, 0.6) is 0 Å². The smallest absolute Gasteiger partial charge is 0.344 e. The zero-order valence-electron chi connectivity index (χ0n) is 18.0. The molecule has 4 saturated carbocycles. The quantitative estimate of drug-likeness (QED) is 0.411. The highest BCUT2D eigenvalue weighted by Crippen LogP contribution is 2.63. The van der Waals surface area contributed by atoms with Gasteiger partial charge in [0.05, 0.1) is 0 Å². The first-order valence-electron chi connectivity index (χ1n) is 10.4. The number of rotatable bonds is 4. The van der Waals surface area contributed by atoms with Crippen LogP contribution in [0.2, 0.25) is 0 Å². The van der Waals surface area contributed by atoms with Crippen molar-refractivity contribution in [2.45, 2.75) is 84.8 Å². The van der Waals surface area contributed by atoms with Crippen LogP contribution in [-0.4, -0.2) is 35.7 Å². The molecule has 6 heteroatoms. The molecule has 0 heterocycles. The first kappa shape index (κ1) is 21.1. The van der Waals surface area contributed by atoms with E-state index in [4.69, 9.17) is 14.2 Å². The molecule has 0 unspecified atom stereocenters. The van der Waals surface area contributed by atoms with Gasteiger partial charge in [0.1, 0.15) is 11.2 Å². The first-order chi connectivity index (χ1) is 12.8. The van der Waals surface area contributed by atoms with Crippen molar-refractivity contribution < 1.29 is 28.6 Å². The van der Waals surface area contributed by atoms with E-state index in [0.29, 0.717) is 11.8 Å². The maximum Gasteiger partial charge on any atom is 0.344 e. The second kappa shape index (κ2) is 7.03. The fraction of sp³-hybridized carbons (Fsp3) is 0.864. The van der Waals surface area contributed by atoms with Gasteiger partial charge in [0.25, 0.3) is 0 Å². The Labute approximate surface area is 167 Å². The van der Waals surface area contributed by atoms with Gasteiger partial charge in [-0.3, -0.25) is 9.59 Å². The summed E-state index contributed by atoms with van der Waals surface area (Å²) in [7, 11) is 0. The van der Waals surface area contributed by atoms with Crippen molar-refractivity contribution in [3.63, 3.8) is 0 Å². The lowest BCUT2D eigenvalue weighted by molar-refractivity contribution is -0.209. The topological polar surface area (TPSA) is 78.9 Å². The highest BCUT2D eigenvalue weighted by Gasteiger charge is 2.67. The Kier molecular flexibility index (Phi) is 5.30. The van der Waals surface area contributed by atoms with Gasteiger partial charge in [-0.15, -0.1) is 0 Å². The van der Waals surface area contributed by atoms with Crippen molar-refractivity contribution in [2.24, 2.45) is 29.1 Å². The average Bonchev–Trinajstić information content (AvgIpc) is 2.48. The Morgan fingerprint density at radius 2 is 1.21 bits per heavy atom. The Balaban J connectivity index is 1.82. The van der Waals surface area contributed by atoms with Crippen LogP contribution in [0.15, 0.2) is 0 Å². The minimum Gasteiger partial charge on any atom is -0.459 e. The minimum atomic E-state index is -1.29. The third-order valence-electron chi connectivity index (χ3n) is 6.24. The summed E-state index contributed by atoms with van der Waals surface area (Å²) in [6, 6.07) is 0. The highest BCUT2D eigenvalue weighted by atomic mass is 16.6. The van der Waals surface area contributed by atoms with Gasteiger partial charge in [-0.25, -0.2) is 4.79 Å². The molecule has 4 aliphatic rings. The SMILES string of the molecule is CC(C)(C)OC(=O)COC(=O)C1(C(=O)OC(C)(C)C)C2CC3CC(C2)CC1C3.